The van der Waals surface area contributed by atoms with Gasteiger partial charge in [0.05, 0.1) is 5.41 Å². The fourth-order valence-electron chi connectivity index (χ4n) is 8.05. The summed E-state index contributed by atoms with van der Waals surface area (Å²) in [5, 5.41) is 2.38. The van der Waals surface area contributed by atoms with Crippen LogP contribution in [0.25, 0.3) is 55.3 Å². The van der Waals surface area contributed by atoms with E-state index in [1.54, 1.807) is 0 Å². The van der Waals surface area contributed by atoms with Gasteiger partial charge < -0.3 is 4.74 Å². The SMILES string of the molecule is c1ccc2c(c1)Oc1c(-c3ccc4c(c3)C3(c5ccccc5-c5ccccc53)c3ccccc3-4)ccc3cccc-2c13. The number of para-hydroxylation sites is 1. The molecule has 1 heteroatoms. The zero-order valence-electron chi connectivity index (χ0n) is 22.8. The van der Waals surface area contributed by atoms with Crippen LogP contribution in [0.1, 0.15) is 22.3 Å². The van der Waals surface area contributed by atoms with Crippen LogP contribution in [0.15, 0.2) is 146 Å². The van der Waals surface area contributed by atoms with Crippen LogP contribution in [-0.2, 0) is 5.41 Å². The molecule has 7 aromatic carbocycles. The van der Waals surface area contributed by atoms with Gasteiger partial charge in [0, 0.05) is 16.5 Å². The molecule has 0 aromatic heterocycles. The number of fused-ring (bicyclic) bond motifs is 12. The Labute approximate surface area is 244 Å². The zero-order chi connectivity index (χ0) is 27.4. The van der Waals surface area contributed by atoms with E-state index in [1.165, 1.54) is 66.4 Å². The Morgan fingerprint density at radius 3 is 1.62 bits per heavy atom. The molecule has 0 bridgehead atoms. The van der Waals surface area contributed by atoms with Crippen LogP contribution in [-0.4, -0.2) is 0 Å². The highest BCUT2D eigenvalue weighted by Gasteiger charge is 2.51. The summed E-state index contributed by atoms with van der Waals surface area (Å²) in [7, 11) is 0. The Bertz CT molecular complexity index is 2230. The van der Waals surface area contributed by atoms with Crippen molar-refractivity contribution in [3.63, 3.8) is 0 Å². The van der Waals surface area contributed by atoms with E-state index in [1.807, 2.05) is 0 Å². The van der Waals surface area contributed by atoms with Crippen molar-refractivity contribution in [2.24, 2.45) is 0 Å². The minimum absolute atomic E-state index is 0.359. The van der Waals surface area contributed by atoms with Crippen LogP contribution in [0.5, 0.6) is 11.5 Å². The molecule has 1 nitrogen and oxygen atoms in total. The van der Waals surface area contributed by atoms with Crippen molar-refractivity contribution in [3.05, 3.63) is 168 Å². The molecule has 0 atom stereocenters. The van der Waals surface area contributed by atoms with Gasteiger partial charge >= 0.3 is 0 Å². The molecular weight excluding hydrogens is 508 g/mol. The average Bonchev–Trinajstić information content (AvgIpc) is 3.52. The third-order valence-corrected chi connectivity index (χ3v) is 9.70. The van der Waals surface area contributed by atoms with Crippen molar-refractivity contribution in [2.45, 2.75) is 5.41 Å². The third-order valence-electron chi connectivity index (χ3n) is 9.70. The van der Waals surface area contributed by atoms with Gasteiger partial charge in [-0.2, -0.15) is 0 Å². The Balaban J connectivity index is 1.29. The normalized spacial score (nSPS) is 14.1. The summed E-state index contributed by atoms with van der Waals surface area (Å²) in [6.45, 7) is 0. The van der Waals surface area contributed by atoms with Crippen LogP contribution in [0.3, 0.4) is 0 Å². The number of ether oxygens (including phenoxy) is 1. The lowest BCUT2D eigenvalue weighted by Crippen LogP contribution is -2.25. The van der Waals surface area contributed by atoms with Crippen LogP contribution < -0.4 is 4.74 Å². The van der Waals surface area contributed by atoms with E-state index in [-0.39, 0.29) is 5.41 Å². The van der Waals surface area contributed by atoms with E-state index in [0.29, 0.717) is 0 Å². The van der Waals surface area contributed by atoms with Crippen molar-refractivity contribution < 1.29 is 4.74 Å². The monoisotopic (exact) mass is 532 g/mol. The first-order chi connectivity index (χ1) is 20.8. The van der Waals surface area contributed by atoms with E-state index in [4.69, 9.17) is 4.74 Å². The molecule has 0 saturated carbocycles. The predicted octanol–water partition coefficient (Wildman–Crippen LogP) is 10.6. The van der Waals surface area contributed by atoms with Crippen molar-refractivity contribution in [2.75, 3.05) is 0 Å². The summed E-state index contributed by atoms with van der Waals surface area (Å²) in [5.74, 6) is 1.85. The molecule has 1 spiro atoms. The maximum atomic E-state index is 6.75. The van der Waals surface area contributed by atoms with E-state index in [2.05, 4.69) is 146 Å². The maximum absolute atomic E-state index is 6.75. The molecule has 1 heterocycles. The quantitative estimate of drug-likeness (QED) is 0.204. The molecular formula is C41H24O. The fraction of sp³-hybridized carbons (Fsp3) is 0.0244. The van der Waals surface area contributed by atoms with E-state index >= 15 is 0 Å². The summed E-state index contributed by atoms with van der Waals surface area (Å²) < 4.78 is 6.75. The lowest BCUT2D eigenvalue weighted by Gasteiger charge is -2.31. The number of benzene rings is 7. The summed E-state index contributed by atoms with van der Waals surface area (Å²) in [6.07, 6.45) is 0. The highest BCUT2D eigenvalue weighted by molar-refractivity contribution is 6.08. The van der Waals surface area contributed by atoms with Gasteiger partial charge in [-0.3, -0.25) is 0 Å². The molecule has 194 valence electrons. The van der Waals surface area contributed by atoms with E-state index in [9.17, 15) is 0 Å². The Morgan fingerprint density at radius 2 is 0.929 bits per heavy atom. The van der Waals surface area contributed by atoms with E-state index < -0.39 is 0 Å². The van der Waals surface area contributed by atoms with Crippen molar-refractivity contribution in [1.29, 1.82) is 0 Å². The van der Waals surface area contributed by atoms with Crippen molar-refractivity contribution >= 4 is 10.8 Å². The van der Waals surface area contributed by atoms with Crippen LogP contribution >= 0.6 is 0 Å². The van der Waals surface area contributed by atoms with Gasteiger partial charge in [-0.15, -0.1) is 0 Å². The molecule has 0 radical (unpaired) electrons. The second-order valence-corrected chi connectivity index (χ2v) is 11.6. The maximum Gasteiger partial charge on any atom is 0.143 e. The summed E-state index contributed by atoms with van der Waals surface area (Å²) in [5.41, 5.74) is 15.0. The lowest BCUT2D eigenvalue weighted by atomic mass is 9.70. The van der Waals surface area contributed by atoms with Gasteiger partial charge in [-0.05, 0) is 79.2 Å². The molecule has 3 aliphatic rings. The first-order valence-corrected chi connectivity index (χ1v) is 14.6. The molecule has 0 fully saturated rings. The minimum atomic E-state index is -0.359. The lowest BCUT2D eigenvalue weighted by molar-refractivity contribution is 0.489. The second-order valence-electron chi connectivity index (χ2n) is 11.6. The third kappa shape index (κ3) is 2.60. The molecule has 10 rings (SSSR count). The van der Waals surface area contributed by atoms with Gasteiger partial charge in [-0.1, -0.05) is 127 Å². The molecule has 7 aromatic rings. The van der Waals surface area contributed by atoms with Crippen LogP contribution in [0, 0.1) is 0 Å². The molecule has 0 amide bonds. The van der Waals surface area contributed by atoms with Gasteiger partial charge in [0.15, 0.2) is 0 Å². The highest BCUT2D eigenvalue weighted by Crippen LogP contribution is 2.63. The largest absolute Gasteiger partial charge is 0.455 e. The Morgan fingerprint density at radius 1 is 0.381 bits per heavy atom. The number of rotatable bonds is 1. The predicted molar refractivity (Wildman–Crippen MR) is 171 cm³/mol. The van der Waals surface area contributed by atoms with Gasteiger partial charge in [0.1, 0.15) is 11.5 Å². The van der Waals surface area contributed by atoms with Crippen molar-refractivity contribution in [1.82, 2.24) is 0 Å². The van der Waals surface area contributed by atoms with E-state index in [0.717, 1.165) is 22.6 Å². The summed E-state index contributed by atoms with van der Waals surface area (Å²) >= 11 is 0. The zero-order valence-corrected chi connectivity index (χ0v) is 22.8. The van der Waals surface area contributed by atoms with Crippen molar-refractivity contribution in [3.8, 4) is 56.0 Å². The van der Waals surface area contributed by atoms with Gasteiger partial charge in [0.2, 0.25) is 0 Å². The number of hydrogen-bond donors (Lipinski definition) is 0. The topological polar surface area (TPSA) is 9.23 Å². The molecule has 1 aliphatic heterocycles. The Kier molecular flexibility index (Phi) is 4.18. The molecule has 0 unspecified atom stereocenters. The second kappa shape index (κ2) is 7.87. The number of hydrogen-bond acceptors (Lipinski definition) is 1. The van der Waals surface area contributed by atoms with Crippen LogP contribution in [0.2, 0.25) is 0 Å². The fourth-order valence-corrected chi connectivity index (χ4v) is 8.05. The van der Waals surface area contributed by atoms with Gasteiger partial charge in [0.25, 0.3) is 0 Å². The standard InChI is InChI=1S/C41H24O/c1-5-16-34-28(11-1)29-12-2-6-17-35(29)41(34)36-18-7-3-13-30(36)31-23-21-26(24-37(31)41)27-22-20-25-10-9-15-33-32-14-4-8-19-38(32)42-40(27)39(25)33/h1-24H. The van der Waals surface area contributed by atoms with Crippen LogP contribution in [0.4, 0.5) is 0 Å². The summed E-state index contributed by atoms with van der Waals surface area (Å²) in [4.78, 5) is 0. The molecule has 42 heavy (non-hydrogen) atoms. The first kappa shape index (κ1) is 22.3. The smallest absolute Gasteiger partial charge is 0.143 e. The minimum Gasteiger partial charge on any atom is -0.455 e. The molecule has 2 aliphatic carbocycles. The average molecular weight is 533 g/mol. The molecule has 0 N–H and O–H groups in total. The highest BCUT2D eigenvalue weighted by atomic mass is 16.5. The summed E-state index contributed by atoms with van der Waals surface area (Å²) in [6, 6.07) is 53.4. The molecule has 0 saturated heterocycles. The first-order valence-electron chi connectivity index (χ1n) is 14.6. The Hall–Kier alpha value is -5.40. The van der Waals surface area contributed by atoms with Gasteiger partial charge in [-0.25, -0.2) is 0 Å².